The normalized spacial score (nSPS) is 12.2. The second-order valence-corrected chi connectivity index (χ2v) is 4.76. The van der Waals surface area contributed by atoms with E-state index in [9.17, 15) is 14.4 Å². The highest BCUT2D eigenvalue weighted by atomic mass is 16.4. The molecule has 20 heavy (non-hydrogen) atoms. The summed E-state index contributed by atoms with van der Waals surface area (Å²) < 4.78 is 1.74. The molecule has 1 rings (SSSR count). The number of hydrogen-bond donors (Lipinski definition) is 3. The van der Waals surface area contributed by atoms with Gasteiger partial charge in [0.05, 0.1) is 0 Å². The van der Waals surface area contributed by atoms with Crippen LogP contribution in [-0.4, -0.2) is 33.5 Å². The summed E-state index contributed by atoms with van der Waals surface area (Å²) in [6, 6.07) is 2.28. The van der Waals surface area contributed by atoms with Gasteiger partial charge in [0.15, 0.2) is 0 Å². The molecule has 0 radical (unpaired) electrons. The van der Waals surface area contributed by atoms with Crippen molar-refractivity contribution in [2.75, 3.05) is 0 Å². The van der Waals surface area contributed by atoms with Gasteiger partial charge in [-0.15, -0.1) is 0 Å². The minimum Gasteiger partial charge on any atom is -0.480 e. The minimum absolute atomic E-state index is 0.0290. The van der Waals surface area contributed by atoms with E-state index >= 15 is 0 Å². The average molecular weight is 281 g/mol. The van der Waals surface area contributed by atoms with Crippen molar-refractivity contribution < 1.29 is 19.5 Å². The van der Waals surface area contributed by atoms with Crippen molar-refractivity contribution in [1.82, 2.24) is 9.88 Å². The fourth-order valence-electron chi connectivity index (χ4n) is 1.81. The number of carboxylic acid groups (broad SMARTS) is 1. The molecule has 0 bridgehead atoms. The van der Waals surface area contributed by atoms with Crippen molar-refractivity contribution >= 4 is 17.8 Å². The Balaban J connectivity index is 2.77. The van der Waals surface area contributed by atoms with Gasteiger partial charge in [-0.25, -0.2) is 4.79 Å². The molecule has 0 saturated carbocycles. The molecule has 0 aliphatic heterocycles. The molecular formula is C13H19N3O4. The van der Waals surface area contributed by atoms with Crippen LogP contribution in [0.3, 0.4) is 0 Å². The Hall–Kier alpha value is -2.31. The van der Waals surface area contributed by atoms with E-state index in [1.165, 1.54) is 0 Å². The number of amides is 2. The largest absolute Gasteiger partial charge is 0.480 e. The first-order valence-electron chi connectivity index (χ1n) is 6.31. The van der Waals surface area contributed by atoms with E-state index in [0.29, 0.717) is 5.69 Å². The highest BCUT2D eigenvalue weighted by molar-refractivity contribution is 5.95. The zero-order chi connectivity index (χ0) is 15.3. The van der Waals surface area contributed by atoms with Crippen molar-refractivity contribution in [3.8, 4) is 0 Å². The van der Waals surface area contributed by atoms with Crippen molar-refractivity contribution in [2.45, 2.75) is 38.8 Å². The Labute approximate surface area is 116 Å². The number of aromatic nitrogens is 1. The number of carboxylic acids is 1. The standard InChI is InChI=1S/C13H19N3O4/c1-8(2)16-7-3-4-10(16)12(18)15-9(13(19)20)5-6-11(14)17/h3-4,7-9H,5-6H2,1-2H3,(H2,14,17)(H,15,18)(H,19,20)/t9-/m0/s1. The van der Waals surface area contributed by atoms with Gasteiger partial charge in [-0.05, 0) is 32.4 Å². The van der Waals surface area contributed by atoms with Crippen LogP contribution in [0.4, 0.5) is 0 Å². The van der Waals surface area contributed by atoms with Crippen molar-refractivity contribution in [3.05, 3.63) is 24.0 Å². The number of nitrogens with zero attached hydrogens (tertiary/aromatic N) is 1. The summed E-state index contributed by atoms with van der Waals surface area (Å²) in [5.41, 5.74) is 5.36. The number of rotatable bonds is 7. The summed E-state index contributed by atoms with van der Waals surface area (Å²) in [7, 11) is 0. The van der Waals surface area contributed by atoms with Gasteiger partial charge in [0.25, 0.3) is 5.91 Å². The first-order chi connectivity index (χ1) is 9.32. The molecule has 1 aromatic rings. The minimum atomic E-state index is -1.19. The van der Waals surface area contributed by atoms with E-state index in [1.54, 1.807) is 22.9 Å². The second kappa shape index (κ2) is 6.74. The lowest BCUT2D eigenvalue weighted by Crippen LogP contribution is -2.42. The zero-order valence-electron chi connectivity index (χ0n) is 11.5. The molecule has 1 heterocycles. The molecular weight excluding hydrogens is 262 g/mol. The molecule has 4 N–H and O–H groups in total. The summed E-state index contributed by atoms with van der Waals surface area (Å²) >= 11 is 0. The van der Waals surface area contributed by atoms with Crippen LogP contribution < -0.4 is 11.1 Å². The maximum atomic E-state index is 12.1. The van der Waals surface area contributed by atoms with Crippen LogP contribution in [0, 0.1) is 0 Å². The molecule has 0 aliphatic rings. The van der Waals surface area contributed by atoms with Crippen LogP contribution in [0.25, 0.3) is 0 Å². The molecule has 2 amide bonds. The topological polar surface area (TPSA) is 114 Å². The van der Waals surface area contributed by atoms with Crippen LogP contribution in [0.15, 0.2) is 18.3 Å². The summed E-state index contributed by atoms with van der Waals surface area (Å²) in [4.78, 5) is 33.8. The Bertz CT molecular complexity index is 507. The number of hydrogen-bond acceptors (Lipinski definition) is 3. The molecule has 0 fully saturated rings. The number of carbonyl (C=O) groups excluding carboxylic acids is 2. The van der Waals surface area contributed by atoms with Gasteiger partial charge in [-0.3, -0.25) is 9.59 Å². The van der Waals surface area contributed by atoms with E-state index in [-0.39, 0.29) is 18.9 Å². The highest BCUT2D eigenvalue weighted by Crippen LogP contribution is 2.11. The zero-order valence-corrected chi connectivity index (χ0v) is 11.5. The Morgan fingerprint density at radius 3 is 2.55 bits per heavy atom. The Kier molecular flexibility index (Phi) is 5.31. The number of carbonyl (C=O) groups is 3. The third-order valence-electron chi connectivity index (χ3n) is 2.85. The van der Waals surface area contributed by atoms with Gasteiger partial charge < -0.3 is 20.7 Å². The van der Waals surface area contributed by atoms with Crippen LogP contribution in [0.1, 0.15) is 43.2 Å². The Morgan fingerprint density at radius 1 is 1.40 bits per heavy atom. The molecule has 0 aromatic carbocycles. The highest BCUT2D eigenvalue weighted by Gasteiger charge is 2.22. The predicted molar refractivity (Wildman–Crippen MR) is 72.1 cm³/mol. The van der Waals surface area contributed by atoms with Gasteiger partial charge in [-0.2, -0.15) is 0 Å². The number of nitrogens with one attached hydrogen (secondary N) is 1. The number of aliphatic carboxylic acids is 1. The van der Waals surface area contributed by atoms with Gasteiger partial charge in [-0.1, -0.05) is 0 Å². The lowest BCUT2D eigenvalue weighted by molar-refractivity contribution is -0.139. The van der Waals surface area contributed by atoms with E-state index < -0.39 is 23.8 Å². The lowest BCUT2D eigenvalue weighted by atomic mass is 10.1. The van der Waals surface area contributed by atoms with Crippen LogP contribution >= 0.6 is 0 Å². The molecule has 7 heteroatoms. The van der Waals surface area contributed by atoms with Gasteiger partial charge in [0.1, 0.15) is 11.7 Å². The fraction of sp³-hybridized carbons (Fsp3) is 0.462. The molecule has 7 nitrogen and oxygen atoms in total. The molecule has 0 spiro atoms. The predicted octanol–water partition coefficient (Wildman–Crippen LogP) is 0.517. The molecule has 110 valence electrons. The fourth-order valence-corrected chi connectivity index (χ4v) is 1.81. The van der Waals surface area contributed by atoms with E-state index in [4.69, 9.17) is 10.8 Å². The summed E-state index contributed by atoms with van der Waals surface area (Å²) in [6.45, 7) is 3.83. The second-order valence-electron chi connectivity index (χ2n) is 4.76. The monoisotopic (exact) mass is 281 g/mol. The van der Waals surface area contributed by atoms with Crippen LogP contribution in [-0.2, 0) is 9.59 Å². The molecule has 0 aliphatic carbocycles. The lowest BCUT2D eigenvalue weighted by Gasteiger charge is -2.16. The summed E-state index contributed by atoms with van der Waals surface area (Å²) in [6.07, 6.45) is 1.62. The van der Waals surface area contributed by atoms with Gasteiger partial charge in [0.2, 0.25) is 5.91 Å². The van der Waals surface area contributed by atoms with Gasteiger partial charge in [0, 0.05) is 18.7 Å². The Morgan fingerprint density at radius 2 is 2.05 bits per heavy atom. The van der Waals surface area contributed by atoms with Crippen molar-refractivity contribution in [2.24, 2.45) is 5.73 Å². The van der Waals surface area contributed by atoms with E-state index in [0.717, 1.165) is 0 Å². The quantitative estimate of drug-likeness (QED) is 0.675. The maximum Gasteiger partial charge on any atom is 0.326 e. The number of primary amides is 1. The van der Waals surface area contributed by atoms with E-state index in [1.807, 2.05) is 13.8 Å². The van der Waals surface area contributed by atoms with Crippen molar-refractivity contribution in [3.63, 3.8) is 0 Å². The smallest absolute Gasteiger partial charge is 0.326 e. The number of nitrogens with two attached hydrogens (primary N) is 1. The molecule has 1 atom stereocenters. The van der Waals surface area contributed by atoms with Crippen molar-refractivity contribution in [1.29, 1.82) is 0 Å². The summed E-state index contributed by atoms with van der Waals surface area (Å²) in [5, 5.41) is 11.4. The summed E-state index contributed by atoms with van der Waals surface area (Å²) in [5.74, 6) is -2.28. The molecule has 1 aromatic heterocycles. The SMILES string of the molecule is CC(C)n1cccc1C(=O)N[C@@H](CCC(N)=O)C(=O)O. The van der Waals surface area contributed by atoms with Crippen LogP contribution in [0.2, 0.25) is 0 Å². The molecule has 0 saturated heterocycles. The third kappa shape index (κ3) is 4.11. The first-order valence-corrected chi connectivity index (χ1v) is 6.31. The first kappa shape index (κ1) is 15.7. The maximum absolute atomic E-state index is 12.1. The third-order valence-corrected chi connectivity index (χ3v) is 2.85. The van der Waals surface area contributed by atoms with Gasteiger partial charge >= 0.3 is 5.97 Å². The average Bonchev–Trinajstić information content (AvgIpc) is 2.82. The molecule has 0 unspecified atom stereocenters. The van der Waals surface area contributed by atoms with Crippen LogP contribution in [0.5, 0.6) is 0 Å². The van der Waals surface area contributed by atoms with E-state index in [2.05, 4.69) is 5.32 Å².